The van der Waals surface area contributed by atoms with Crippen LogP contribution in [-0.4, -0.2) is 18.2 Å². The van der Waals surface area contributed by atoms with Gasteiger partial charge in [-0.3, -0.25) is 0 Å². The van der Waals surface area contributed by atoms with Crippen molar-refractivity contribution in [3.63, 3.8) is 0 Å². The molecule has 0 heterocycles. The number of likely N-dealkylation sites (N-methyl/N-ethyl adjacent to an activating group) is 1. The normalized spacial score (nSPS) is 12.2. The molecule has 2 rings (SSSR count). The van der Waals surface area contributed by atoms with Gasteiger partial charge in [-0.1, -0.05) is 30.3 Å². The predicted octanol–water partition coefficient (Wildman–Crippen LogP) is 3.83. The number of benzene rings is 2. The largest absolute Gasteiger partial charge is 0.386 e. The van der Waals surface area contributed by atoms with E-state index in [0.29, 0.717) is 6.54 Å². The van der Waals surface area contributed by atoms with Gasteiger partial charge in [0.05, 0.1) is 6.10 Å². The van der Waals surface area contributed by atoms with Gasteiger partial charge >= 0.3 is 0 Å². The summed E-state index contributed by atoms with van der Waals surface area (Å²) in [5.74, 6) is -1.92. The van der Waals surface area contributed by atoms with E-state index in [9.17, 15) is 13.9 Å². The van der Waals surface area contributed by atoms with Gasteiger partial charge in [-0.05, 0) is 31.5 Å². The SMILES string of the molecule is CCN(CC(O)c1cccc(F)c1F)c1ccccc1C. The Balaban J connectivity index is 2.23. The molecule has 0 bridgehead atoms. The highest BCUT2D eigenvalue weighted by Gasteiger charge is 2.19. The first-order chi connectivity index (χ1) is 10.0. The summed E-state index contributed by atoms with van der Waals surface area (Å²) < 4.78 is 27.0. The topological polar surface area (TPSA) is 23.5 Å². The summed E-state index contributed by atoms with van der Waals surface area (Å²) in [6, 6.07) is 11.6. The van der Waals surface area contributed by atoms with Crippen molar-refractivity contribution in [3.8, 4) is 0 Å². The minimum atomic E-state index is -1.08. The fraction of sp³-hybridized carbons (Fsp3) is 0.294. The molecular formula is C17H19F2NO. The maximum atomic E-state index is 13.7. The second kappa shape index (κ2) is 6.68. The molecule has 0 fully saturated rings. The number of aliphatic hydroxyl groups excluding tert-OH is 1. The molecule has 2 nitrogen and oxygen atoms in total. The quantitative estimate of drug-likeness (QED) is 0.905. The smallest absolute Gasteiger partial charge is 0.164 e. The molecular weight excluding hydrogens is 272 g/mol. The number of anilines is 1. The Morgan fingerprint density at radius 1 is 1.10 bits per heavy atom. The maximum Gasteiger partial charge on any atom is 0.164 e. The number of para-hydroxylation sites is 1. The number of aliphatic hydroxyl groups is 1. The molecule has 0 aliphatic rings. The molecule has 2 aromatic rings. The Hall–Kier alpha value is -1.94. The monoisotopic (exact) mass is 291 g/mol. The van der Waals surface area contributed by atoms with Crippen molar-refractivity contribution in [2.45, 2.75) is 20.0 Å². The Morgan fingerprint density at radius 2 is 1.81 bits per heavy atom. The molecule has 4 heteroatoms. The third-order valence-electron chi connectivity index (χ3n) is 3.57. The van der Waals surface area contributed by atoms with E-state index >= 15 is 0 Å². The van der Waals surface area contributed by atoms with Crippen LogP contribution < -0.4 is 4.90 Å². The van der Waals surface area contributed by atoms with Gasteiger partial charge in [0.1, 0.15) is 0 Å². The van der Waals surface area contributed by atoms with Crippen LogP contribution in [0.4, 0.5) is 14.5 Å². The molecule has 0 aromatic heterocycles. The highest BCUT2D eigenvalue weighted by molar-refractivity contribution is 5.53. The van der Waals surface area contributed by atoms with E-state index in [1.165, 1.54) is 12.1 Å². The van der Waals surface area contributed by atoms with Crippen molar-refractivity contribution >= 4 is 5.69 Å². The first-order valence-electron chi connectivity index (χ1n) is 6.97. The highest BCUT2D eigenvalue weighted by atomic mass is 19.2. The number of halogens is 2. The van der Waals surface area contributed by atoms with Crippen molar-refractivity contribution in [1.29, 1.82) is 0 Å². The molecule has 0 radical (unpaired) electrons. The zero-order chi connectivity index (χ0) is 15.4. The van der Waals surface area contributed by atoms with E-state index in [1.807, 2.05) is 43.0 Å². The molecule has 21 heavy (non-hydrogen) atoms. The lowest BCUT2D eigenvalue weighted by molar-refractivity contribution is 0.177. The molecule has 0 amide bonds. The molecule has 1 N–H and O–H groups in total. The van der Waals surface area contributed by atoms with Gasteiger partial charge in [0, 0.05) is 24.3 Å². The van der Waals surface area contributed by atoms with Crippen LogP contribution in [0.15, 0.2) is 42.5 Å². The third-order valence-corrected chi connectivity index (χ3v) is 3.57. The summed E-state index contributed by atoms with van der Waals surface area (Å²) in [6.07, 6.45) is -1.08. The van der Waals surface area contributed by atoms with Crippen molar-refractivity contribution in [2.24, 2.45) is 0 Å². The predicted molar refractivity (Wildman–Crippen MR) is 80.4 cm³/mol. The summed E-state index contributed by atoms with van der Waals surface area (Å²) in [7, 11) is 0. The average molecular weight is 291 g/mol. The molecule has 112 valence electrons. The first-order valence-corrected chi connectivity index (χ1v) is 6.97. The minimum absolute atomic E-state index is 0.0120. The van der Waals surface area contributed by atoms with Crippen molar-refractivity contribution in [2.75, 3.05) is 18.0 Å². The second-order valence-electron chi connectivity index (χ2n) is 4.98. The van der Waals surface area contributed by atoms with Crippen LogP contribution in [0.1, 0.15) is 24.2 Å². The Bertz CT molecular complexity index is 615. The van der Waals surface area contributed by atoms with Gasteiger partial charge in [-0.15, -0.1) is 0 Å². The van der Waals surface area contributed by atoms with Crippen LogP contribution >= 0.6 is 0 Å². The standard InChI is InChI=1S/C17H19F2NO/c1-3-20(15-10-5-4-7-12(15)2)11-16(21)13-8-6-9-14(18)17(13)19/h4-10,16,21H,3,11H2,1-2H3. The zero-order valence-electron chi connectivity index (χ0n) is 12.2. The number of hydrogen-bond acceptors (Lipinski definition) is 2. The lowest BCUT2D eigenvalue weighted by Gasteiger charge is -2.27. The molecule has 0 spiro atoms. The number of rotatable bonds is 5. The van der Waals surface area contributed by atoms with E-state index in [2.05, 4.69) is 0 Å². The summed E-state index contributed by atoms with van der Waals surface area (Å²) in [6.45, 7) is 4.81. The van der Waals surface area contributed by atoms with Gasteiger partial charge in [-0.2, -0.15) is 0 Å². The van der Waals surface area contributed by atoms with Crippen LogP contribution in [0.2, 0.25) is 0 Å². The number of hydrogen-bond donors (Lipinski definition) is 1. The average Bonchev–Trinajstić information content (AvgIpc) is 2.48. The Kier molecular flexibility index (Phi) is 4.91. The fourth-order valence-electron chi connectivity index (χ4n) is 2.40. The minimum Gasteiger partial charge on any atom is -0.386 e. The molecule has 0 aliphatic carbocycles. The lowest BCUT2D eigenvalue weighted by Crippen LogP contribution is -2.29. The Morgan fingerprint density at radius 3 is 2.48 bits per heavy atom. The van der Waals surface area contributed by atoms with E-state index in [0.717, 1.165) is 17.3 Å². The molecule has 0 saturated heterocycles. The molecule has 1 unspecified atom stereocenters. The maximum absolute atomic E-state index is 13.7. The molecule has 2 aromatic carbocycles. The van der Waals surface area contributed by atoms with E-state index in [4.69, 9.17) is 0 Å². The van der Waals surface area contributed by atoms with Gasteiger partial charge in [0.15, 0.2) is 11.6 Å². The van der Waals surface area contributed by atoms with E-state index < -0.39 is 17.7 Å². The fourth-order valence-corrected chi connectivity index (χ4v) is 2.40. The van der Waals surface area contributed by atoms with Gasteiger partial charge in [0.2, 0.25) is 0 Å². The number of aryl methyl sites for hydroxylation is 1. The molecule has 0 saturated carbocycles. The van der Waals surface area contributed by atoms with Gasteiger partial charge < -0.3 is 10.0 Å². The van der Waals surface area contributed by atoms with Crippen LogP contribution in [0.25, 0.3) is 0 Å². The van der Waals surface area contributed by atoms with Crippen LogP contribution in [0, 0.1) is 18.6 Å². The zero-order valence-corrected chi connectivity index (χ0v) is 12.2. The van der Waals surface area contributed by atoms with Crippen molar-refractivity contribution < 1.29 is 13.9 Å². The highest BCUT2D eigenvalue weighted by Crippen LogP contribution is 2.24. The van der Waals surface area contributed by atoms with Gasteiger partial charge in [0.25, 0.3) is 0 Å². The summed E-state index contributed by atoms with van der Waals surface area (Å²) in [4.78, 5) is 1.95. The van der Waals surface area contributed by atoms with Crippen LogP contribution in [-0.2, 0) is 0 Å². The lowest BCUT2D eigenvalue weighted by atomic mass is 10.1. The van der Waals surface area contributed by atoms with Crippen molar-refractivity contribution in [1.82, 2.24) is 0 Å². The van der Waals surface area contributed by atoms with E-state index in [1.54, 1.807) is 0 Å². The second-order valence-corrected chi connectivity index (χ2v) is 4.98. The summed E-state index contributed by atoms with van der Waals surface area (Å²) >= 11 is 0. The first kappa shape index (κ1) is 15.4. The summed E-state index contributed by atoms with van der Waals surface area (Å²) in [5, 5.41) is 10.2. The van der Waals surface area contributed by atoms with E-state index in [-0.39, 0.29) is 12.1 Å². The molecule has 1 atom stereocenters. The van der Waals surface area contributed by atoms with Gasteiger partial charge in [-0.25, -0.2) is 8.78 Å². The Labute approximate surface area is 123 Å². The third kappa shape index (κ3) is 3.39. The molecule has 0 aliphatic heterocycles. The van der Waals surface area contributed by atoms with Crippen LogP contribution in [0.3, 0.4) is 0 Å². The van der Waals surface area contributed by atoms with Crippen molar-refractivity contribution in [3.05, 3.63) is 65.2 Å². The number of nitrogens with zero attached hydrogens (tertiary/aromatic N) is 1. The van der Waals surface area contributed by atoms with Crippen LogP contribution in [0.5, 0.6) is 0 Å². The summed E-state index contributed by atoms with van der Waals surface area (Å²) in [5.41, 5.74) is 2.05.